The first kappa shape index (κ1) is 15.4. The van der Waals surface area contributed by atoms with Crippen molar-refractivity contribution in [2.75, 3.05) is 28.2 Å². The third-order valence-electron chi connectivity index (χ3n) is 2.42. The van der Waals surface area contributed by atoms with E-state index < -0.39 is 15.8 Å². The second-order valence-corrected chi connectivity index (χ2v) is 6.08. The van der Waals surface area contributed by atoms with Gasteiger partial charge in [0.25, 0.3) is 10.0 Å². The molecule has 0 amide bonds. The molecule has 0 aliphatic carbocycles. The standard InChI is InChI=1S/C12H18FN3O2S/c1-9-7-6-8-10(13)11(9)19(17,18)14-12(15(2)3)16(4)5/h6-8H,1-5H3. The molecule has 7 heteroatoms. The average Bonchev–Trinajstić information content (AvgIpc) is 2.24. The van der Waals surface area contributed by atoms with Crippen LogP contribution in [-0.4, -0.2) is 52.4 Å². The van der Waals surface area contributed by atoms with Crippen LogP contribution in [0.1, 0.15) is 5.56 Å². The number of nitrogens with zero attached hydrogens (tertiary/aromatic N) is 3. The number of sulfonamides is 1. The molecule has 106 valence electrons. The van der Waals surface area contributed by atoms with Crippen LogP contribution in [0.25, 0.3) is 0 Å². The van der Waals surface area contributed by atoms with Gasteiger partial charge < -0.3 is 9.80 Å². The van der Waals surface area contributed by atoms with Gasteiger partial charge in [-0.2, -0.15) is 8.42 Å². The van der Waals surface area contributed by atoms with Crippen LogP contribution in [0, 0.1) is 12.7 Å². The molecule has 0 aliphatic rings. The Labute approximate surface area is 113 Å². The van der Waals surface area contributed by atoms with E-state index in [1.807, 2.05) is 0 Å². The molecule has 5 nitrogen and oxygen atoms in total. The van der Waals surface area contributed by atoms with Crippen LogP contribution in [0.5, 0.6) is 0 Å². The van der Waals surface area contributed by atoms with Gasteiger partial charge in [0.1, 0.15) is 10.7 Å². The highest BCUT2D eigenvalue weighted by atomic mass is 32.2. The van der Waals surface area contributed by atoms with E-state index >= 15 is 0 Å². The number of hydrogen-bond acceptors (Lipinski definition) is 2. The summed E-state index contributed by atoms with van der Waals surface area (Å²) in [7, 11) is 2.60. The maximum atomic E-state index is 13.7. The van der Waals surface area contributed by atoms with Crippen molar-refractivity contribution < 1.29 is 12.8 Å². The largest absolute Gasteiger partial charge is 0.348 e. The highest BCUT2D eigenvalue weighted by molar-refractivity contribution is 7.90. The third kappa shape index (κ3) is 3.44. The van der Waals surface area contributed by atoms with E-state index in [0.717, 1.165) is 6.07 Å². The van der Waals surface area contributed by atoms with E-state index in [1.165, 1.54) is 19.1 Å². The summed E-state index contributed by atoms with van der Waals surface area (Å²) in [4.78, 5) is 2.72. The zero-order valence-corrected chi connectivity index (χ0v) is 12.5. The molecule has 0 spiro atoms. The van der Waals surface area contributed by atoms with Crippen LogP contribution >= 0.6 is 0 Å². The summed E-state index contributed by atoms with van der Waals surface area (Å²) in [6, 6.07) is 4.11. The summed E-state index contributed by atoms with van der Waals surface area (Å²) < 4.78 is 41.8. The lowest BCUT2D eigenvalue weighted by Gasteiger charge is -2.22. The van der Waals surface area contributed by atoms with Gasteiger partial charge in [0.15, 0.2) is 0 Å². The maximum Gasteiger partial charge on any atom is 0.288 e. The molecule has 1 rings (SSSR count). The van der Waals surface area contributed by atoms with Crippen molar-refractivity contribution in [1.82, 2.24) is 9.80 Å². The molecule has 0 heterocycles. The van der Waals surface area contributed by atoms with Crippen LogP contribution in [0.3, 0.4) is 0 Å². The molecule has 0 aliphatic heterocycles. The maximum absolute atomic E-state index is 13.7. The van der Waals surface area contributed by atoms with Gasteiger partial charge in [-0.25, -0.2) is 4.39 Å². The Hall–Kier alpha value is -1.63. The Morgan fingerprint density at radius 3 is 2.11 bits per heavy atom. The predicted molar refractivity (Wildman–Crippen MR) is 73.1 cm³/mol. The summed E-state index contributed by atoms with van der Waals surface area (Å²) in [6.45, 7) is 1.54. The molecule has 0 fully saturated rings. The lowest BCUT2D eigenvalue weighted by Crippen LogP contribution is -2.36. The van der Waals surface area contributed by atoms with Crippen molar-refractivity contribution in [2.24, 2.45) is 4.40 Å². The molecule has 0 bridgehead atoms. The minimum absolute atomic E-state index is 0.225. The molecular weight excluding hydrogens is 269 g/mol. The van der Waals surface area contributed by atoms with Crippen molar-refractivity contribution >= 4 is 16.0 Å². The lowest BCUT2D eigenvalue weighted by molar-refractivity contribution is 0.483. The molecule has 0 N–H and O–H groups in total. The molecule has 0 unspecified atom stereocenters. The highest BCUT2D eigenvalue weighted by Gasteiger charge is 2.22. The average molecular weight is 287 g/mol. The molecule has 1 aromatic carbocycles. The molecular formula is C12H18FN3O2S. The molecule has 0 saturated heterocycles. The Kier molecular flexibility index (Phi) is 4.52. The van der Waals surface area contributed by atoms with E-state index in [1.54, 1.807) is 38.0 Å². The normalized spacial score (nSPS) is 11.1. The summed E-state index contributed by atoms with van der Waals surface area (Å²) in [5.74, 6) is -0.566. The first-order valence-corrected chi connectivity index (χ1v) is 7.05. The smallest absolute Gasteiger partial charge is 0.288 e. The molecule has 0 aromatic heterocycles. The van der Waals surface area contributed by atoms with Crippen molar-refractivity contribution in [3.63, 3.8) is 0 Å². The second kappa shape index (κ2) is 5.56. The minimum Gasteiger partial charge on any atom is -0.348 e. The van der Waals surface area contributed by atoms with E-state index in [-0.39, 0.29) is 10.9 Å². The Morgan fingerprint density at radius 1 is 1.16 bits per heavy atom. The van der Waals surface area contributed by atoms with E-state index in [2.05, 4.69) is 4.40 Å². The molecule has 0 radical (unpaired) electrons. The van der Waals surface area contributed by atoms with Gasteiger partial charge in [-0.15, -0.1) is 4.40 Å². The fourth-order valence-electron chi connectivity index (χ4n) is 1.66. The fraction of sp³-hybridized carbons (Fsp3) is 0.417. The van der Waals surface area contributed by atoms with Gasteiger partial charge in [0.2, 0.25) is 5.96 Å². The van der Waals surface area contributed by atoms with E-state index in [4.69, 9.17) is 0 Å². The predicted octanol–water partition coefficient (Wildman–Crippen LogP) is 1.30. The zero-order valence-electron chi connectivity index (χ0n) is 11.7. The molecule has 0 atom stereocenters. The first-order valence-electron chi connectivity index (χ1n) is 5.61. The van der Waals surface area contributed by atoms with Gasteiger partial charge >= 0.3 is 0 Å². The number of hydrogen-bond donors (Lipinski definition) is 0. The van der Waals surface area contributed by atoms with E-state index in [0.29, 0.717) is 5.56 Å². The Morgan fingerprint density at radius 2 is 1.68 bits per heavy atom. The summed E-state index contributed by atoms with van der Waals surface area (Å²) in [6.07, 6.45) is 0. The monoisotopic (exact) mass is 287 g/mol. The zero-order chi connectivity index (χ0) is 14.8. The fourth-order valence-corrected chi connectivity index (χ4v) is 3.08. The molecule has 1 aromatic rings. The van der Waals surface area contributed by atoms with Crippen molar-refractivity contribution in [2.45, 2.75) is 11.8 Å². The van der Waals surface area contributed by atoms with Crippen LogP contribution in [0.2, 0.25) is 0 Å². The minimum atomic E-state index is -4.08. The van der Waals surface area contributed by atoms with Gasteiger partial charge in [0.05, 0.1) is 0 Å². The van der Waals surface area contributed by atoms with Crippen LogP contribution in [-0.2, 0) is 10.0 Å². The van der Waals surface area contributed by atoms with Gasteiger partial charge in [-0.3, -0.25) is 0 Å². The number of halogens is 1. The SMILES string of the molecule is Cc1cccc(F)c1S(=O)(=O)N=C(N(C)C)N(C)C. The first-order chi connectivity index (χ1) is 8.66. The molecule has 0 saturated carbocycles. The lowest BCUT2D eigenvalue weighted by atomic mass is 10.2. The quantitative estimate of drug-likeness (QED) is 0.608. The number of benzene rings is 1. The third-order valence-corrected chi connectivity index (χ3v) is 3.86. The van der Waals surface area contributed by atoms with Crippen LogP contribution in [0.15, 0.2) is 27.5 Å². The van der Waals surface area contributed by atoms with Crippen molar-refractivity contribution in [3.05, 3.63) is 29.6 Å². The van der Waals surface area contributed by atoms with Crippen LogP contribution < -0.4 is 0 Å². The van der Waals surface area contributed by atoms with Crippen molar-refractivity contribution in [1.29, 1.82) is 0 Å². The number of aryl methyl sites for hydroxylation is 1. The number of guanidine groups is 1. The van der Waals surface area contributed by atoms with Gasteiger partial charge in [0, 0.05) is 28.2 Å². The molecule has 19 heavy (non-hydrogen) atoms. The van der Waals surface area contributed by atoms with Gasteiger partial charge in [-0.05, 0) is 18.6 Å². The summed E-state index contributed by atoms with van der Waals surface area (Å²) in [5, 5.41) is 0. The Bertz CT molecular complexity index is 565. The topological polar surface area (TPSA) is 53.0 Å². The highest BCUT2D eigenvalue weighted by Crippen LogP contribution is 2.21. The van der Waals surface area contributed by atoms with Crippen LogP contribution in [0.4, 0.5) is 4.39 Å². The van der Waals surface area contributed by atoms with E-state index in [9.17, 15) is 12.8 Å². The van der Waals surface area contributed by atoms with Crippen molar-refractivity contribution in [3.8, 4) is 0 Å². The second-order valence-electron chi connectivity index (χ2n) is 4.54. The summed E-state index contributed by atoms with van der Waals surface area (Å²) in [5.41, 5.74) is 0.334. The number of rotatable bonds is 2. The Balaban J connectivity index is 3.44. The van der Waals surface area contributed by atoms with Gasteiger partial charge in [-0.1, -0.05) is 12.1 Å². The summed E-state index contributed by atoms with van der Waals surface area (Å²) >= 11 is 0.